The van der Waals surface area contributed by atoms with E-state index in [9.17, 15) is 18.5 Å². The van der Waals surface area contributed by atoms with Crippen LogP contribution in [0.2, 0.25) is 5.02 Å². The van der Waals surface area contributed by atoms with Crippen LogP contribution < -0.4 is 4.72 Å². The number of hydrogen-bond donors (Lipinski definition) is 1. The van der Waals surface area contributed by atoms with Crippen LogP contribution in [-0.4, -0.2) is 30.9 Å². The van der Waals surface area contributed by atoms with E-state index in [1.165, 1.54) is 12.1 Å². The largest absolute Gasteiger partial charge is 0.289 e. The first-order valence-corrected chi connectivity index (χ1v) is 9.36. The van der Waals surface area contributed by atoms with Crippen molar-refractivity contribution in [1.29, 1.82) is 0 Å². The third kappa shape index (κ3) is 4.32. The van der Waals surface area contributed by atoms with E-state index in [4.69, 9.17) is 11.6 Å². The van der Waals surface area contributed by atoms with Gasteiger partial charge in [-0.2, -0.15) is 11.8 Å². The van der Waals surface area contributed by atoms with Crippen molar-refractivity contribution >= 4 is 39.1 Å². The highest BCUT2D eigenvalue weighted by Gasteiger charge is 2.22. The molecule has 1 aromatic carbocycles. The molecule has 1 atom stereocenters. The standard InChI is InChI=1S/C12H15ClN2O4S2/c13-11-5-4-10(7-12(11)15(16)17)21(18,19)14-8-9-3-1-2-6-20-9/h4-5,7,9,14H,1-3,6,8H2. The SMILES string of the molecule is O=[N+]([O-])c1cc(S(=O)(=O)NCC2CCCCS2)ccc1Cl. The van der Waals surface area contributed by atoms with Crippen molar-refractivity contribution in [2.75, 3.05) is 12.3 Å². The molecule has 116 valence electrons. The fraction of sp³-hybridized carbons (Fsp3) is 0.500. The van der Waals surface area contributed by atoms with Gasteiger partial charge < -0.3 is 0 Å². The molecule has 0 aromatic heterocycles. The zero-order valence-electron chi connectivity index (χ0n) is 11.1. The second kappa shape index (κ2) is 6.95. The predicted octanol–water partition coefficient (Wildman–Crippen LogP) is 2.81. The van der Waals surface area contributed by atoms with Crippen LogP contribution in [0.4, 0.5) is 5.69 Å². The summed E-state index contributed by atoms with van der Waals surface area (Å²) in [5, 5.41) is 11.0. The molecule has 2 rings (SSSR count). The van der Waals surface area contributed by atoms with E-state index in [1.54, 1.807) is 11.8 Å². The first kappa shape index (κ1) is 16.5. The number of halogens is 1. The number of hydrogen-bond acceptors (Lipinski definition) is 5. The molecular formula is C12H15ClN2O4S2. The number of nitrogens with zero attached hydrogens (tertiary/aromatic N) is 1. The van der Waals surface area contributed by atoms with Gasteiger partial charge in [-0.3, -0.25) is 10.1 Å². The smallest absolute Gasteiger partial charge is 0.258 e. The molecule has 0 saturated carbocycles. The molecule has 0 bridgehead atoms. The molecule has 1 fully saturated rings. The maximum absolute atomic E-state index is 12.2. The Morgan fingerprint density at radius 3 is 2.81 bits per heavy atom. The van der Waals surface area contributed by atoms with Crippen LogP contribution in [0.25, 0.3) is 0 Å². The maximum Gasteiger partial charge on any atom is 0.289 e. The minimum Gasteiger partial charge on any atom is -0.258 e. The molecule has 9 heteroatoms. The van der Waals surface area contributed by atoms with Crippen LogP contribution in [0.15, 0.2) is 23.1 Å². The minimum atomic E-state index is -3.76. The van der Waals surface area contributed by atoms with Gasteiger partial charge in [-0.25, -0.2) is 13.1 Å². The van der Waals surface area contributed by atoms with Crippen LogP contribution in [-0.2, 0) is 10.0 Å². The lowest BCUT2D eigenvalue weighted by Crippen LogP contribution is -2.32. The molecule has 1 aliphatic heterocycles. The highest BCUT2D eigenvalue weighted by molar-refractivity contribution is 8.00. The Hall–Kier alpha value is -0.830. The lowest BCUT2D eigenvalue weighted by atomic mass is 10.2. The Bertz CT molecular complexity index is 630. The number of rotatable bonds is 5. The Morgan fingerprint density at radius 1 is 1.43 bits per heavy atom. The molecule has 0 spiro atoms. The number of nitrogens with one attached hydrogen (secondary N) is 1. The Balaban J connectivity index is 2.11. The van der Waals surface area contributed by atoms with Crippen LogP contribution >= 0.6 is 23.4 Å². The average Bonchev–Trinajstić information content (AvgIpc) is 2.46. The van der Waals surface area contributed by atoms with Gasteiger partial charge in [0.15, 0.2) is 0 Å². The van der Waals surface area contributed by atoms with E-state index in [0.29, 0.717) is 6.54 Å². The number of nitro benzene ring substituents is 1. The van der Waals surface area contributed by atoms with Crippen LogP contribution in [0.1, 0.15) is 19.3 Å². The Kier molecular flexibility index (Phi) is 5.48. The molecule has 1 heterocycles. The lowest BCUT2D eigenvalue weighted by Gasteiger charge is -2.21. The average molecular weight is 351 g/mol. The molecule has 1 saturated heterocycles. The lowest BCUT2D eigenvalue weighted by molar-refractivity contribution is -0.384. The van der Waals surface area contributed by atoms with Crippen LogP contribution in [0.3, 0.4) is 0 Å². The molecule has 21 heavy (non-hydrogen) atoms. The second-order valence-corrected chi connectivity index (χ2v) is 8.29. The van der Waals surface area contributed by atoms with E-state index >= 15 is 0 Å². The van der Waals surface area contributed by atoms with Gasteiger partial charge in [0, 0.05) is 17.9 Å². The highest BCUT2D eigenvalue weighted by atomic mass is 35.5. The van der Waals surface area contributed by atoms with Crippen molar-refractivity contribution in [3.63, 3.8) is 0 Å². The third-order valence-corrected chi connectivity index (χ3v) is 6.34. The van der Waals surface area contributed by atoms with Gasteiger partial charge >= 0.3 is 0 Å². The summed E-state index contributed by atoms with van der Waals surface area (Å²) >= 11 is 7.43. The van der Waals surface area contributed by atoms with Gasteiger partial charge in [-0.1, -0.05) is 18.0 Å². The Labute approximate surface area is 132 Å². The summed E-state index contributed by atoms with van der Waals surface area (Å²) in [6.45, 7) is 0.337. The first-order valence-electron chi connectivity index (χ1n) is 6.45. The first-order chi connectivity index (χ1) is 9.90. The molecule has 6 nitrogen and oxygen atoms in total. The summed E-state index contributed by atoms with van der Waals surface area (Å²) in [6.07, 6.45) is 3.25. The van der Waals surface area contributed by atoms with E-state index in [-0.39, 0.29) is 15.2 Å². The normalized spacial score (nSPS) is 19.4. The summed E-state index contributed by atoms with van der Waals surface area (Å²) in [6, 6.07) is 3.48. The van der Waals surface area contributed by atoms with Crippen molar-refractivity contribution in [3.05, 3.63) is 33.3 Å². The monoisotopic (exact) mass is 350 g/mol. The minimum absolute atomic E-state index is 0.0817. The Morgan fingerprint density at radius 2 is 2.19 bits per heavy atom. The van der Waals surface area contributed by atoms with E-state index in [1.807, 2.05) is 0 Å². The zero-order chi connectivity index (χ0) is 15.5. The van der Waals surface area contributed by atoms with E-state index < -0.39 is 20.6 Å². The zero-order valence-corrected chi connectivity index (χ0v) is 13.5. The van der Waals surface area contributed by atoms with Crippen molar-refractivity contribution in [3.8, 4) is 0 Å². The summed E-state index contributed by atoms with van der Waals surface area (Å²) in [4.78, 5) is 9.97. The number of benzene rings is 1. The van der Waals surface area contributed by atoms with Crippen molar-refractivity contribution in [2.45, 2.75) is 29.4 Å². The number of sulfonamides is 1. The molecular weight excluding hydrogens is 336 g/mol. The molecule has 1 unspecified atom stereocenters. The van der Waals surface area contributed by atoms with Crippen molar-refractivity contribution in [1.82, 2.24) is 4.72 Å². The van der Waals surface area contributed by atoms with Crippen LogP contribution in [0.5, 0.6) is 0 Å². The predicted molar refractivity (Wildman–Crippen MR) is 83.4 cm³/mol. The fourth-order valence-electron chi connectivity index (χ4n) is 2.05. The van der Waals surface area contributed by atoms with Gasteiger partial charge in [0.1, 0.15) is 5.02 Å². The summed E-state index contributed by atoms with van der Waals surface area (Å²) in [7, 11) is -3.76. The maximum atomic E-state index is 12.2. The number of thioether (sulfide) groups is 1. The molecule has 0 amide bonds. The molecule has 1 aliphatic rings. The molecule has 1 N–H and O–H groups in total. The summed E-state index contributed by atoms with van der Waals surface area (Å²) < 4.78 is 26.9. The number of nitro groups is 1. The molecule has 1 aromatic rings. The molecule has 0 radical (unpaired) electrons. The van der Waals surface area contributed by atoms with Gasteiger partial charge in [0.25, 0.3) is 5.69 Å². The van der Waals surface area contributed by atoms with Crippen molar-refractivity contribution in [2.24, 2.45) is 0 Å². The summed E-state index contributed by atoms with van der Waals surface area (Å²) in [5.74, 6) is 1.04. The third-order valence-electron chi connectivity index (χ3n) is 3.20. The van der Waals surface area contributed by atoms with Gasteiger partial charge in [0.2, 0.25) is 10.0 Å². The second-order valence-electron chi connectivity index (χ2n) is 4.71. The highest BCUT2D eigenvalue weighted by Crippen LogP contribution is 2.28. The van der Waals surface area contributed by atoms with Gasteiger partial charge in [0.05, 0.1) is 9.82 Å². The fourth-order valence-corrected chi connectivity index (χ4v) is 4.69. The van der Waals surface area contributed by atoms with E-state index in [0.717, 1.165) is 31.1 Å². The topological polar surface area (TPSA) is 89.3 Å². The quantitative estimate of drug-likeness (QED) is 0.651. The van der Waals surface area contributed by atoms with Gasteiger partial charge in [-0.15, -0.1) is 0 Å². The van der Waals surface area contributed by atoms with Crippen molar-refractivity contribution < 1.29 is 13.3 Å². The summed E-state index contributed by atoms with van der Waals surface area (Å²) in [5.41, 5.74) is -0.411. The van der Waals surface area contributed by atoms with Crippen LogP contribution in [0, 0.1) is 10.1 Å². The van der Waals surface area contributed by atoms with Gasteiger partial charge in [-0.05, 0) is 30.7 Å². The van der Waals surface area contributed by atoms with E-state index in [2.05, 4.69) is 4.72 Å². The molecule has 0 aliphatic carbocycles.